The molecular weight excluding hydrogens is 258 g/mol. The third kappa shape index (κ3) is 4.43. The minimum Gasteiger partial charge on any atom is -0.312 e. The zero-order valence-corrected chi connectivity index (χ0v) is 14.8. The van der Waals surface area contributed by atoms with Gasteiger partial charge < -0.3 is 15.1 Å². The molecule has 0 aromatic carbocycles. The van der Waals surface area contributed by atoms with Gasteiger partial charge in [-0.15, -0.1) is 0 Å². The van der Waals surface area contributed by atoms with Crippen LogP contribution in [0.3, 0.4) is 0 Å². The van der Waals surface area contributed by atoms with E-state index in [-0.39, 0.29) is 0 Å². The van der Waals surface area contributed by atoms with E-state index in [9.17, 15) is 0 Å². The summed E-state index contributed by atoms with van der Waals surface area (Å²) in [4.78, 5) is 5.15. The number of rotatable bonds is 7. The summed E-state index contributed by atoms with van der Waals surface area (Å²) in [5.41, 5.74) is 0.423. The molecule has 1 heterocycles. The second-order valence-electron chi connectivity index (χ2n) is 7.70. The molecule has 3 nitrogen and oxygen atoms in total. The highest BCUT2D eigenvalue weighted by molar-refractivity contribution is 4.95. The summed E-state index contributed by atoms with van der Waals surface area (Å²) in [6.45, 7) is 9.79. The summed E-state index contributed by atoms with van der Waals surface area (Å²) in [5, 5.41) is 3.91. The van der Waals surface area contributed by atoms with Crippen molar-refractivity contribution in [2.45, 2.75) is 70.4 Å². The molecule has 0 bridgehead atoms. The van der Waals surface area contributed by atoms with Crippen molar-refractivity contribution < 1.29 is 0 Å². The summed E-state index contributed by atoms with van der Waals surface area (Å²) < 4.78 is 0. The Labute approximate surface area is 132 Å². The van der Waals surface area contributed by atoms with Crippen molar-refractivity contribution in [2.24, 2.45) is 5.92 Å². The number of hydrogen-bond donors (Lipinski definition) is 1. The first-order valence-electron chi connectivity index (χ1n) is 9.20. The van der Waals surface area contributed by atoms with Crippen LogP contribution in [0.2, 0.25) is 0 Å². The van der Waals surface area contributed by atoms with Crippen LogP contribution in [0, 0.1) is 5.92 Å². The van der Waals surface area contributed by atoms with E-state index < -0.39 is 0 Å². The van der Waals surface area contributed by atoms with Gasteiger partial charge in [-0.25, -0.2) is 0 Å². The fourth-order valence-electron chi connectivity index (χ4n) is 4.35. The van der Waals surface area contributed by atoms with Crippen molar-refractivity contribution in [3.63, 3.8) is 0 Å². The van der Waals surface area contributed by atoms with Gasteiger partial charge in [0.15, 0.2) is 0 Å². The van der Waals surface area contributed by atoms with Crippen LogP contribution in [-0.2, 0) is 0 Å². The lowest BCUT2D eigenvalue weighted by Gasteiger charge is -2.40. The third-order valence-corrected chi connectivity index (χ3v) is 6.02. The molecule has 2 atom stereocenters. The van der Waals surface area contributed by atoms with Gasteiger partial charge in [0.1, 0.15) is 0 Å². The summed E-state index contributed by atoms with van der Waals surface area (Å²) in [6.07, 6.45) is 9.62. The SMILES string of the molecule is CCCN1CCCC(C(C)NCC2(N(C)C)CCCC2)C1. The maximum absolute atomic E-state index is 3.91. The van der Waals surface area contributed by atoms with Gasteiger partial charge in [0.2, 0.25) is 0 Å². The van der Waals surface area contributed by atoms with E-state index >= 15 is 0 Å². The molecule has 124 valence electrons. The minimum atomic E-state index is 0.423. The monoisotopic (exact) mass is 295 g/mol. The number of likely N-dealkylation sites (N-methyl/N-ethyl adjacent to an activating group) is 1. The van der Waals surface area contributed by atoms with Crippen molar-refractivity contribution in [3.05, 3.63) is 0 Å². The largest absolute Gasteiger partial charge is 0.312 e. The zero-order valence-electron chi connectivity index (χ0n) is 14.8. The Kier molecular flexibility index (Phi) is 6.51. The highest BCUT2D eigenvalue weighted by Gasteiger charge is 2.36. The van der Waals surface area contributed by atoms with Gasteiger partial charge in [0.05, 0.1) is 0 Å². The first-order valence-corrected chi connectivity index (χ1v) is 9.20. The summed E-state index contributed by atoms with van der Waals surface area (Å²) in [6, 6.07) is 0.655. The van der Waals surface area contributed by atoms with Gasteiger partial charge in [-0.1, -0.05) is 19.8 Å². The van der Waals surface area contributed by atoms with E-state index in [2.05, 4.69) is 43.1 Å². The standard InChI is InChI=1S/C18H37N3/c1-5-12-21-13-8-9-17(14-21)16(2)19-15-18(20(3)4)10-6-7-11-18/h16-17,19H,5-15H2,1-4H3. The van der Waals surface area contributed by atoms with Crippen molar-refractivity contribution in [1.29, 1.82) is 0 Å². The van der Waals surface area contributed by atoms with Gasteiger partial charge in [-0.3, -0.25) is 0 Å². The second-order valence-corrected chi connectivity index (χ2v) is 7.70. The molecule has 2 rings (SSSR count). The molecule has 2 unspecified atom stereocenters. The highest BCUT2D eigenvalue weighted by atomic mass is 15.2. The van der Waals surface area contributed by atoms with E-state index in [0.717, 1.165) is 5.92 Å². The Bertz CT molecular complexity index is 295. The van der Waals surface area contributed by atoms with Crippen LogP contribution in [0.4, 0.5) is 0 Å². The molecule has 0 amide bonds. The van der Waals surface area contributed by atoms with Crippen LogP contribution < -0.4 is 5.32 Å². The number of hydrogen-bond acceptors (Lipinski definition) is 3. The van der Waals surface area contributed by atoms with Gasteiger partial charge in [0.25, 0.3) is 0 Å². The number of nitrogens with zero attached hydrogens (tertiary/aromatic N) is 2. The van der Waals surface area contributed by atoms with E-state index in [0.29, 0.717) is 11.6 Å². The third-order valence-electron chi connectivity index (χ3n) is 6.02. The van der Waals surface area contributed by atoms with E-state index in [4.69, 9.17) is 0 Å². The Morgan fingerprint density at radius 3 is 2.57 bits per heavy atom. The average Bonchev–Trinajstić information content (AvgIpc) is 2.96. The van der Waals surface area contributed by atoms with Gasteiger partial charge in [-0.2, -0.15) is 0 Å². The van der Waals surface area contributed by atoms with E-state index in [1.165, 1.54) is 71.1 Å². The van der Waals surface area contributed by atoms with E-state index in [1.54, 1.807) is 0 Å². The predicted octanol–water partition coefficient (Wildman–Crippen LogP) is 2.96. The lowest BCUT2D eigenvalue weighted by molar-refractivity contribution is 0.122. The normalized spacial score (nSPS) is 28.1. The Morgan fingerprint density at radius 2 is 1.95 bits per heavy atom. The molecule has 21 heavy (non-hydrogen) atoms. The first kappa shape index (κ1) is 17.2. The molecule has 2 fully saturated rings. The summed E-state index contributed by atoms with van der Waals surface area (Å²) in [7, 11) is 4.53. The number of piperidine rings is 1. The Morgan fingerprint density at radius 1 is 1.24 bits per heavy atom. The fourth-order valence-corrected chi connectivity index (χ4v) is 4.35. The number of nitrogens with one attached hydrogen (secondary N) is 1. The lowest BCUT2D eigenvalue weighted by Crippen LogP contribution is -2.53. The van der Waals surface area contributed by atoms with Crippen LogP contribution in [-0.4, -0.2) is 61.7 Å². The van der Waals surface area contributed by atoms with Crippen LogP contribution >= 0.6 is 0 Å². The van der Waals surface area contributed by atoms with Gasteiger partial charge in [0, 0.05) is 24.7 Å². The molecule has 1 saturated carbocycles. The van der Waals surface area contributed by atoms with Gasteiger partial charge >= 0.3 is 0 Å². The predicted molar refractivity (Wildman–Crippen MR) is 91.8 cm³/mol. The summed E-state index contributed by atoms with van der Waals surface area (Å²) >= 11 is 0. The smallest absolute Gasteiger partial charge is 0.0327 e. The van der Waals surface area contributed by atoms with Crippen molar-refractivity contribution in [2.75, 3.05) is 40.3 Å². The molecule has 0 aromatic rings. The van der Waals surface area contributed by atoms with Gasteiger partial charge in [-0.05, 0) is 72.1 Å². The molecular formula is C18H37N3. The van der Waals surface area contributed by atoms with Crippen LogP contribution in [0.5, 0.6) is 0 Å². The molecule has 0 aromatic heterocycles. The first-order chi connectivity index (χ1) is 10.1. The molecule has 2 aliphatic rings. The number of likely N-dealkylation sites (tertiary alicyclic amines) is 1. The van der Waals surface area contributed by atoms with Crippen LogP contribution in [0.1, 0.15) is 58.8 Å². The zero-order chi connectivity index (χ0) is 15.3. The van der Waals surface area contributed by atoms with Crippen LogP contribution in [0.25, 0.3) is 0 Å². The summed E-state index contributed by atoms with van der Waals surface area (Å²) in [5.74, 6) is 0.839. The maximum Gasteiger partial charge on any atom is 0.0327 e. The minimum absolute atomic E-state index is 0.423. The van der Waals surface area contributed by atoms with Crippen molar-refractivity contribution in [3.8, 4) is 0 Å². The Hall–Kier alpha value is -0.120. The quantitative estimate of drug-likeness (QED) is 0.779. The van der Waals surface area contributed by atoms with Crippen molar-refractivity contribution >= 4 is 0 Å². The molecule has 1 saturated heterocycles. The molecule has 3 heteroatoms. The molecule has 0 spiro atoms. The van der Waals surface area contributed by atoms with Crippen LogP contribution in [0.15, 0.2) is 0 Å². The Balaban J connectivity index is 1.81. The molecule has 1 aliphatic heterocycles. The van der Waals surface area contributed by atoms with Crippen molar-refractivity contribution in [1.82, 2.24) is 15.1 Å². The molecule has 1 N–H and O–H groups in total. The van der Waals surface area contributed by atoms with E-state index in [1.807, 2.05) is 0 Å². The molecule has 1 aliphatic carbocycles. The second kappa shape index (κ2) is 7.94. The average molecular weight is 296 g/mol. The fraction of sp³-hybridized carbons (Fsp3) is 1.00. The molecule has 0 radical (unpaired) electrons. The lowest BCUT2D eigenvalue weighted by atomic mass is 9.90. The maximum atomic E-state index is 3.91. The topological polar surface area (TPSA) is 18.5 Å². The highest BCUT2D eigenvalue weighted by Crippen LogP contribution is 2.33.